The Bertz CT molecular complexity index is 482. The van der Waals surface area contributed by atoms with Gasteiger partial charge in [-0.15, -0.1) is 0 Å². The van der Waals surface area contributed by atoms with E-state index in [2.05, 4.69) is 11.8 Å². The third-order valence-electron chi connectivity index (χ3n) is 6.76. The van der Waals surface area contributed by atoms with Crippen molar-refractivity contribution in [2.75, 3.05) is 45.8 Å². The van der Waals surface area contributed by atoms with Crippen LogP contribution in [0.2, 0.25) is 0 Å². The molecule has 6 nitrogen and oxygen atoms in total. The van der Waals surface area contributed by atoms with Crippen molar-refractivity contribution >= 4 is 11.8 Å². The summed E-state index contributed by atoms with van der Waals surface area (Å²) < 4.78 is 0. The normalized spacial score (nSPS) is 28.5. The molecule has 0 aromatic rings. The highest BCUT2D eigenvalue weighted by molar-refractivity contribution is 5.77. The molecule has 0 radical (unpaired) electrons. The highest BCUT2D eigenvalue weighted by Gasteiger charge is 2.31. The molecule has 2 N–H and O–H groups in total. The first kappa shape index (κ1) is 19.6. The van der Waals surface area contributed by atoms with Gasteiger partial charge in [-0.2, -0.15) is 0 Å². The van der Waals surface area contributed by atoms with Crippen LogP contribution in [0.5, 0.6) is 0 Å². The van der Waals surface area contributed by atoms with Crippen molar-refractivity contribution in [3.63, 3.8) is 0 Å². The summed E-state index contributed by atoms with van der Waals surface area (Å²) in [7, 11) is 0. The molecule has 2 saturated heterocycles. The maximum absolute atomic E-state index is 12.6. The van der Waals surface area contributed by atoms with E-state index in [1.165, 1.54) is 0 Å². The van der Waals surface area contributed by atoms with Crippen LogP contribution in [0.15, 0.2) is 0 Å². The Labute approximate surface area is 158 Å². The van der Waals surface area contributed by atoms with E-state index in [1.807, 2.05) is 9.80 Å². The second-order valence-electron chi connectivity index (χ2n) is 8.40. The number of likely N-dealkylation sites (tertiary alicyclic amines) is 1. The van der Waals surface area contributed by atoms with Crippen LogP contribution in [0.25, 0.3) is 0 Å². The summed E-state index contributed by atoms with van der Waals surface area (Å²) in [5, 5.41) is 0. The first-order valence-electron chi connectivity index (χ1n) is 10.6. The van der Waals surface area contributed by atoms with Gasteiger partial charge < -0.3 is 20.4 Å². The van der Waals surface area contributed by atoms with Crippen molar-refractivity contribution in [1.29, 1.82) is 0 Å². The molecule has 1 saturated carbocycles. The predicted octanol–water partition coefficient (Wildman–Crippen LogP) is 1.30. The number of piperidine rings is 1. The Hall–Kier alpha value is -1.14. The van der Waals surface area contributed by atoms with E-state index in [4.69, 9.17) is 5.73 Å². The lowest BCUT2D eigenvalue weighted by atomic mass is 9.92. The maximum atomic E-state index is 12.6. The Kier molecular flexibility index (Phi) is 6.92. The largest absolute Gasteiger partial charge is 0.343 e. The quantitative estimate of drug-likeness (QED) is 0.798. The molecule has 0 bridgehead atoms. The van der Waals surface area contributed by atoms with Crippen LogP contribution in [0.1, 0.15) is 51.9 Å². The van der Waals surface area contributed by atoms with Crippen molar-refractivity contribution in [3.05, 3.63) is 0 Å². The molecule has 0 unspecified atom stereocenters. The number of likely N-dealkylation sites (N-methyl/N-ethyl adjacent to an activating group) is 1. The summed E-state index contributed by atoms with van der Waals surface area (Å²) in [6.07, 6.45) is 6.52. The van der Waals surface area contributed by atoms with E-state index in [0.717, 1.165) is 77.9 Å². The van der Waals surface area contributed by atoms with Crippen molar-refractivity contribution < 1.29 is 9.59 Å². The molecule has 0 aromatic heterocycles. The molecule has 3 fully saturated rings. The van der Waals surface area contributed by atoms with Gasteiger partial charge in [0, 0.05) is 58.2 Å². The monoisotopic (exact) mass is 364 g/mol. The topological polar surface area (TPSA) is 69.9 Å². The molecular weight excluding hydrogens is 328 g/mol. The van der Waals surface area contributed by atoms with Crippen LogP contribution in [-0.2, 0) is 9.59 Å². The zero-order valence-electron chi connectivity index (χ0n) is 16.4. The average molecular weight is 365 g/mol. The van der Waals surface area contributed by atoms with Crippen LogP contribution in [0.3, 0.4) is 0 Å². The number of carbonyl (C=O) groups excluding carboxylic acids is 2. The summed E-state index contributed by atoms with van der Waals surface area (Å²) >= 11 is 0. The third-order valence-corrected chi connectivity index (χ3v) is 6.76. The number of nitrogens with two attached hydrogens (primary N) is 1. The van der Waals surface area contributed by atoms with E-state index >= 15 is 0 Å². The lowest BCUT2D eigenvalue weighted by Crippen LogP contribution is -2.49. The van der Waals surface area contributed by atoms with Gasteiger partial charge in [-0.25, -0.2) is 0 Å². The number of carbonyl (C=O) groups is 2. The molecule has 148 valence electrons. The Morgan fingerprint density at radius 3 is 2.04 bits per heavy atom. The number of piperazine rings is 1. The number of rotatable bonds is 5. The van der Waals surface area contributed by atoms with Gasteiger partial charge in [-0.05, 0) is 44.1 Å². The highest BCUT2D eigenvalue weighted by Crippen LogP contribution is 2.29. The van der Waals surface area contributed by atoms with Gasteiger partial charge in [0.2, 0.25) is 11.8 Å². The van der Waals surface area contributed by atoms with Crippen molar-refractivity contribution in [2.24, 2.45) is 17.6 Å². The Balaban J connectivity index is 1.37. The summed E-state index contributed by atoms with van der Waals surface area (Å²) in [6, 6.07) is 0.210. The van der Waals surface area contributed by atoms with Crippen LogP contribution < -0.4 is 5.73 Å². The maximum Gasteiger partial charge on any atom is 0.222 e. The average Bonchev–Trinajstić information content (AvgIpc) is 3.07. The predicted molar refractivity (Wildman–Crippen MR) is 103 cm³/mol. The number of nitrogens with zero attached hydrogens (tertiary/aromatic N) is 3. The van der Waals surface area contributed by atoms with Gasteiger partial charge in [0.1, 0.15) is 0 Å². The lowest BCUT2D eigenvalue weighted by molar-refractivity contribution is -0.135. The van der Waals surface area contributed by atoms with Crippen molar-refractivity contribution in [3.8, 4) is 0 Å². The first-order chi connectivity index (χ1) is 12.6. The van der Waals surface area contributed by atoms with Gasteiger partial charge in [-0.3, -0.25) is 9.59 Å². The second kappa shape index (κ2) is 9.18. The standard InChI is InChI=1S/C20H36N4O2/c1-2-22-10-12-24(13-11-22)19(25)14-16-6-8-23(9-7-16)20(26)15-17-4-3-5-18(17)21/h16-18H,2-15,21H2,1H3/t17-,18+/m0/s1. The summed E-state index contributed by atoms with van der Waals surface area (Å²) in [4.78, 5) is 31.5. The molecule has 6 heteroatoms. The molecule has 26 heavy (non-hydrogen) atoms. The van der Waals surface area contributed by atoms with Crippen LogP contribution in [-0.4, -0.2) is 78.4 Å². The van der Waals surface area contributed by atoms with Gasteiger partial charge in [-0.1, -0.05) is 13.3 Å². The van der Waals surface area contributed by atoms with E-state index < -0.39 is 0 Å². The molecule has 2 aliphatic heterocycles. The van der Waals surface area contributed by atoms with Crippen LogP contribution in [0.4, 0.5) is 0 Å². The Morgan fingerprint density at radius 2 is 1.46 bits per heavy atom. The minimum Gasteiger partial charge on any atom is -0.343 e. The second-order valence-corrected chi connectivity index (χ2v) is 8.40. The van der Waals surface area contributed by atoms with E-state index in [0.29, 0.717) is 30.6 Å². The minimum atomic E-state index is 0.210. The van der Waals surface area contributed by atoms with Crippen molar-refractivity contribution in [2.45, 2.75) is 57.9 Å². The van der Waals surface area contributed by atoms with Crippen LogP contribution in [0, 0.1) is 11.8 Å². The van der Waals surface area contributed by atoms with E-state index in [9.17, 15) is 9.59 Å². The molecule has 2 heterocycles. The number of amides is 2. The summed E-state index contributed by atoms with van der Waals surface area (Å²) in [5.41, 5.74) is 6.11. The fourth-order valence-corrected chi connectivity index (χ4v) is 4.75. The fraction of sp³-hybridized carbons (Fsp3) is 0.900. The fourth-order valence-electron chi connectivity index (χ4n) is 4.75. The zero-order chi connectivity index (χ0) is 18.5. The molecule has 1 aliphatic carbocycles. The lowest BCUT2D eigenvalue weighted by Gasteiger charge is -2.36. The molecule has 3 aliphatic rings. The minimum absolute atomic E-state index is 0.210. The molecule has 2 amide bonds. The number of hydrogen-bond acceptors (Lipinski definition) is 4. The van der Waals surface area contributed by atoms with Crippen LogP contribution >= 0.6 is 0 Å². The summed E-state index contributed by atoms with van der Waals surface area (Å²) in [6.45, 7) is 8.59. The highest BCUT2D eigenvalue weighted by atomic mass is 16.2. The van der Waals surface area contributed by atoms with E-state index in [-0.39, 0.29) is 11.9 Å². The smallest absolute Gasteiger partial charge is 0.222 e. The van der Waals surface area contributed by atoms with Gasteiger partial charge in [0.25, 0.3) is 0 Å². The molecular formula is C20H36N4O2. The molecule has 0 aromatic carbocycles. The van der Waals surface area contributed by atoms with Gasteiger partial charge in [0.05, 0.1) is 0 Å². The van der Waals surface area contributed by atoms with Crippen molar-refractivity contribution in [1.82, 2.24) is 14.7 Å². The summed E-state index contributed by atoms with van der Waals surface area (Å²) in [5.74, 6) is 1.39. The Morgan fingerprint density at radius 1 is 0.846 bits per heavy atom. The van der Waals surface area contributed by atoms with E-state index in [1.54, 1.807) is 0 Å². The van der Waals surface area contributed by atoms with Gasteiger partial charge in [0.15, 0.2) is 0 Å². The molecule has 0 spiro atoms. The third kappa shape index (κ3) is 4.97. The number of hydrogen-bond donors (Lipinski definition) is 1. The molecule has 2 atom stereocenters. The SMILES string of the molecule is CCN1CCN(C(=O)CC2CCN(C(=O)C[C@@H]3CCC[C@H]3N)CC2)CC1. The first-order valence-corrected chi connectivity index (χ1v) is 10.6. The van der Waals surface area contributed by atoms with Gasteiger partial charge >= 0.3 is 0 Å². The zero-order valence-corrected chi connectivity index (χ0v) is 16.4. The molecule has 3 rings (SSSR count).